The Morgan fingerprint density at radius 2 is 1.39 bits per heavy atom. The summed E-state index contributed by atoms with van der Waals surface area (Å²) in [5, 5.41) is 0. The SMILES string of the molecule is CC12CC(=O)N(c3c(F)cc(C#Cc4ccccc4)cc3F)C(=O)N1CCN(c1ccccc1)C2=O. The molecule has 2 aliphatic rings. The summed E-state index contributed by atoms with van der Waals surface area (Å²) in [5.41, 5.74) is -0.856. The third-order valence-electron chi connectivity index (χ3n) is 6.45. The van der Waals surface area contributed by atoms with Crippen LogP contribution in [0.2, 0.25) is 0 Å². The number of para-hydroxylation sites is 1. The molecule has 2 heterocycles. The molecule has 3 aromatic carbocycles. The molecule has 0 aromatic heterocycles. The van der Waals surface area contributed by atoms with Gasteiger partial charge in [-0.15, -0.1) is 0 Å². The molecule has 4 amide bonds. The number of benzene rings is 3. The molecular formula is C28H21F2N3O3. The Labute approximate surface area is 206 Å². The number of hydrogen-bond acceptors (Lipinski definition) is 3. The van der Waals surface area contributed by atoms with E-state index < -0.39 is 47.1 Å². The van der Waals surface area contributed by atoms with Gasteiger partial charge in [0.25, 0.3) is 5.91 Å². The van der Waals surface area contributed by atoms with E-state index in [1.54, 1.807) is 48.5 Å². The molecule has 2 saturated heterocycles. The van der Waals surface area contributed by atoms with Crippen molar-refractivity contribution in [1.29, 1.82) is 0 Å². The molecule has 2 aliphatic heterocycles. The van der Waals surface area contributed by atoms with Crippen LogP contribution < -0.4 is 9.80 Å². The van der Waals surface area contributed by atoms with E-state index in [-0.39, 0.29) is 18.7 Å². The van der Waals surface area contributed by atoms with Gasteiger partial charge in [-0.25, -0.2) is 18.5 Å². The monoisotopic (exact) mass is 485 g/mol. The maximum absolute atomic E-state index is 15.1. The molecule has 8 heteroatoms. The molecule has 0 spiro atoms. The minimum Gasteiger partial charge on any atom is -0.309 e. The predicted octanol–water partition coefficient (Wildman–Crippen LogP) is 4.33. The third kappa shape index (κ3) is 3.89. The second-order valence-corrected chi connectivity index (χ2v) is 8.81. The number of anilines is 2. The summed E-state index contributed by atoms with van der Waals surface area (Å²) < 4.78 is 30.2. The van der Waals surface area contributed by atoms with Crippen LogP contribution >= 0.6 is 0 Å². The molecule has 2 fully saturated rings. The van der Waals surface area contributed by atoms with Crippen LogP contribution in [0, 0.1) is 23.5 Å². The highest BCUT2D eigenvalue weighted by Crippen LogP contribution is 2.38. The van der Waals surface area contributed by atoms with Crippen LogP contribution in [-0.4, -0.2) is 41.4 Å². The standard InChI is InChI=1S/C28H21F2N3O3/c1-28-18-24(34)33(27(36)32(28)15-14-31(26(28)35)21-10-6-3-7-11-21)25-22(29)16-20(17-23(25)30)13-12-19-8-4-2-5-9-19/h2-11,16-17H,14-15,18H2,1H3. The molecule has 1 atom stereocenters. The zero-order valence-electron chi connectivity index (χ0n) is 19.4. The van der Waals surface area contributed by atoms with Crippen LogP contribution in [-0.2, 0) is 9.59 Å². The second kappa shape index (κ2) is 8.93. The first-order valence-electron chi connectivity index (χ1n) is 11.4. The van der Waals surface area contributed by atoms with Gasteiger partial charge in [-0.2, -0.15) is 0 Å². The Balaban J connectivity index is 1.45. The zero-order valence-corrected chi connectivity index (χ0v) is 19.4. The van der Waals surface area contributed by atoms with Crippen molar-refractivity contribution in [3.63, 3.8) is 0 Å². The Bertz CT molecular complexity index is 1410. The average Bonchev–Trinajstić information content (AvgIpc) is 2.86. The van der Waals surface area contributed by atoms with Crippen molar-refractivity contribution < 1.29 is 23.2 Å². The van der Waals surface area contributed by atoms with Gasteiger partial charge in [-0.1, -0.05) is 48.2 Å². The number of halogens is 2. The number of imide groups is 1. The Hall–Kier alpha value is -4.51. The van der Waals surface area contributed by atoms with Crippen LogP contribution in [0.15, 0.2) is 72.8 Å². The van der Waals surface area contributed by atoms with Gasteiger partial charge in [-0.3, -0.25) is 9.59 Å². The lowest BCUT2D eigenvalue weighted by molar-refractivity contribution is -0.137. The van der Waals surface area contributed by atoms with E-state index in [0.29, 0.717) is 16.2 Å². The number of amides is 4. The van der Waals surface area contributed by atoms with Gasteiger partial charge in [0.15, 0.2) is 11.6 Å². The lowest BCUT2D eigenvalue weighted by Crippen LogP contribution is -2.72. The van der Waals surface area contributed by atoms with Crippen molar-refractivity contribution in [2.24, 2.45) is 0 Å². The van der Waals surface area contributed by atoms with Crippen LogP contribution in [0.3, 0.4) is 0 Å². The Morgan fingerprint density at radius 1 is 0.806 bits per heavy atom. The molecule has 0 bridgehead atoms. The highest BCUT2D eigenvalue weighted by molar-refractivity contribution is 6.20. The van der Waals surface area contributed by atoms with Gasteiger partial charge in [0.2, 0.25) is 5.91 Å². The third-order valence-corrected chi connectivity index (χ3v) is 6.45. The molecule has 36 heavy (non-hydrogen) atoms. The fourth-order valence-corrected chi connectivity index (χ4v) is 4.62. The van der Waals surface area contributed by atoms with Gasteiger partial charge in [0, 0.05) is 29.9 Å². The summed E-state index contributed by atoms with van der Waals surface area (Å²) in [6, 6.07) is 18.9. The van der Waals surface area contributed by atoms with Crippen molar-refractivity contribution in [1.82, 2.24) is 4.90 Å². The Morgan fingerprint density at radius 3 is 2.03 bits per heavy atom. The van der Waals surface area contributed by atoms with E-state index in [1.165, 1.54) is 16.7 Å². The molecule has 0 aliphatic carbocycles. The maximum Gasteiger partial charge on any atom is 0.332 e. The number of rotatable bonds is 2. The summed E-state index contributed by atoms with van der Waals surface area (Å²) in [5.74, 6) is 2.05. The molecule has 0 saturated carbocycles. The summed E-state index contributed by atoms with van der Waals surface area (Å²) in [6.45, 7) is 1.79. The predicted molar refractivity (Wildman–Crippen MR) is 130 cm³/mol. The number of fused-ring (bicyclic) bond motifs is 1. The summed E-state index contributed by atoms with van der Waals surface area (Å²) in [7, 11) is 0. The number of hydrogen-bond donors (Lipinski definition) is 0. The van der Waals surface area contributed by atoms with Crippen molar-refractivity contribution in [3.05, 3.63) is 95.6 Å². The fourth-order valence-electron chi connectivity index (χ4n) is 4.62. The van der Waals surface area contributed by atoms with Crippen molar-refractivity contribution >= 4 is 29.2 Å². The van der Waals surface area contributed by atoms with E-state index in [1.807, 2.05) is 12.1 Å². The smallest absolute Gasteiger partial charge is 0.309 e. The van der Waals surface area contributed by atoms with Gasteiger partial charge in [0.1, 0.15) is 11.2 Å². The average molecular weight is 485 g/mol. The number of nitrogens with zero attached hydrogens (tertiary/aromatic N) is 3. The lowest BCUT2D eigenvalue weighted by Gasteiger charge is -2.51. The Kier molecular flexibility index (Phi) is 5.77. The van der Waals surface area contributed by atoms with Gasteiger partial charge in [-0.05, 0) is 43.3 Å². The second-order valence-electron chi connectivity index (χ2n) is 8.81. The van der Waals surface area contributed by atoms with E-state index in [9.17, 15) is 14.4 Å². The molecular weight excluding hydrogens is 464 g/mol. The van der Waals surface area contributed by atoms with Crippen LogP contribution in [0.25, 0.3) is 0 Å². The number of carbonyl (C=O) groups excluding carboxylic acids is 3. The highest BCUT2D eigenvalue weighted by atomic mass is 19.1. The minimum atomic E-state index is -1.47. The number of urea groups is 1. The summed E-state index contributed by atoms with van der Waals surface area (Å²) in [4.78, 5) is 43.1. The van der Waals surface area contributed by atoms with E-state index in [0.717, 1.165) is 12.1 Å². The molecule has 3 aromatic rings. The molecule has 0 radical (unpaired) electrons. The number of carbonyl (C=O) groups is 3. The van der Waals surface area contributed by atoms with Gasteiger partial charge >= 0.3 is 6.03 Å². The molecule has 180 valence electrons. The molecule has 5 rings (SSSR count). The molecule has 6 nitrogen and oxygen atoms in total. The minimum absolute atomic E-state index is 0.0611. The van der Waals surface area contributed by atoms with Gasteiger partial charge in [0.05, 0.1) is 6.42 Å². The molecule has 0 N–H and O–H groups in total. The summed E-state index contributed by atoms with van der Waals surface area (Å²) in [6.07, 6.45) is -0.407. The fraction of sp³-hybridized carbons (Fsp3) is 0.179. The van der Waals surface area contributed by atoms with Crippen LogP contribution in [0.5, 0.6) is 0 Å². The molecule has 1 unspecified atom stereocenters. The lowest BCUT2D eigenvalue weighted by atomic mass is 9.88. The van der Waals surface area contributed by atoms with E-state index in [2.05, 4.69) is 11.8 Å². The van der Waals surface area contributed by atoms with Crippen molar-refractivity contribution in [2.45, 2.75) is 18.9 Å². The van der Waals surface area contributed by atoms with Crippen molar-refractivity contribution in [3.8, 4) is 11.8 Å². The zero-order chi connectivity index (χ0) is 25.4. The first kappa shape index (κ1) is 23.2. The normalized spacial score (nSPS) is 19.6. The highest BCUT2D eigenvalue weighted by Gasteiger charge is 2.56. The largest absolute Gasteiger partial charge is 0.332 e. The van der Waals surface area contributed by atoms with Crippen molar-refractivity contribution in [2.75, 3.05) is 22.9 Å². The van der Waals surface area contributed by atoms with Crippen LogP contribution in [0.4, 0.5) is 25.0 Å². The first-order chi connectivity index (χ1) is 17.3. The summed E-state index contributed by atoms with van der Waals surface area (Å²) >= 11 is 0. The quantitative estimate of drug-likeness (QED) is 0.508. The van der Waals surface area contributed by atoms with E-state index in [4.69, 9.17) is 0 Å². The number of piperazine rings is 1. The van der Waals surface area contributed by atoms with E-state index >= 15 is 8.78 Å². The maximum atomic E-state index is 15.1. The topological polar surface area (TPSA) is 60.9 Å². The van der Waals surface area contributed by atoms with Crippen LogP contribution in [0.1, 0.15) is 24.5 Å². The first-order valence-corrected chi connectivity index (χ1v) is 11.4. The van der Waals surface area contributed by atoms with Gasteiger partial charge < -0.3 is 9.80 Å².